The fourth-order valence-corrected chi connectivity index (χ4v) is 4.02. The first-order valence-electron chi connectivity index (χ1n) is 9.49. The van der Waals surface area contributed by atoms with Gasteiger partial charge in [-0.15, -0.1) is 0 Å². The van der Waals surface area contributed by atoms with Crippen molar-refractivity contribution in [1.29, 1.82) is 0 Å². The summed E-state index contributed by atoms with van der Waals surface area (Å²) in [4.78, 5) is 12.4. The molecule has 1 heterocycles. The van der Waals surface area contributed by atoms with E-state index in [1.54, 1.807) is 18.2 Å². The summed E-state index contributed by atoms with van der Waals surface area (Å²) in [6.45, 7) is 5.34. The largest absolute Gasteiger partial charge is 0.493 e. The van der Waals surface area contributed by atoms with Gasteiger partial charge in [-0.2, -0.15) is 0 Å². The highest BCUT2D eigenvalue weighted by Crippen LogP contribution is 2.38. The van der Waals surface area contributed by atoms with Crippen molar-refractivity contribution in [3.8, 4) is 17.2 Å². The van der Waals surface area contributed by atoms with E-state index >= 15 is 0 Å². The van der Waals surface area contributed by atoms with Crippen molar-refractivity contribution < 1.29 is 19.0 Å². The van der Waals surface area contributed by atoms with E-state index in [4.69, 9.17) is 38.0 Å². The molecule has 0 radical (unpaired) electrons. The van der Waals surface area contributed by atoms with Crippen LogP contribution in [0.4, 0.5) is 0 Å². The molecule has 5 nitrogen and oxygen atoms in total. The SMILES string of the molecule is CCOc1cc(C=C2SC(=S)NC2=O)cc(Cl)c1OCCCOc1ccc(C)cc1. The van der Waals surface area contributed by atoms with E-state index in [1.807, 2.05) is 38.1 Å². The molecule has 158 valence electrons. The van der Waals surface area contributed by atoms with Gasteiger partial charge in [0.15, 0.2) is 11.5 Å². The molecule has 0 unspecified atom stereocenters. The van der Waals surface area contributed by atoms with Gasteiger partial charge in [0.05, 0.1) is 29.7 Å². The Kier molecular flexibility index (Phi) is 8.01. The molecule has 0 spiro atoms. The number of amides is 1. The molecule has 2 aromatic carbocycles. The molecule has 0 aromatic heterocycles. The van der Waals surface area contributed by atoms with E-state index in [1.165, 1.54) is 17.3 Å². The molecule has 0 saturated carbocycles. The average molecular weight is 464 g/mol. The number of nitrogens with one attached hydrogen (secondary N) is 1. The Morgan fingerprint density at radius 3 is 2.53 bits per heavy atom. The fourth-order valence-electron chi connectivity index (χ4n) is 2.70. The number of halogens is 1. The van der Waals surface area contributed by atoms with Crippen molar-refractivity contribution >= 4 is 51.9 Å². The van der Waals surface area contributed by atoms with Crippen LogP contribution in [0.3, 0.4) is 0 Å². The van der Waals surface area contributed by atoms with Crippen LogP contribution in [0.2, 0.25) is 5.02 Å². The van der Waals surface area contributed by atoms with Crippen LogP contribution in [0.25, 0.3) is 6.08 Å². The number of ether oxygens (including phenoxy) is 3. The molecule has 1 N–H and O–H groups in total. The number of thioether (sulfide) groups is 1. The highest BCUT2D eigenvalue weighted by atomic mass is 35.5. The maximum absolute atomic E-state index is 11.9. The van der Waals surface area contributed by atoms with Crippen molar-refractivity contribution in [1.82, 2.24) is 5.32 Å². The summed E-state index contributed by atoms with van der Waals surface area (Å²) >= 11 is 12.7. The molecule has 2 aromatic rings. The summed E-state index contributed by atoms with van der Waals surface area (Å²) in [5, 5.41) is 3.01. The number of carbonyl (C=O) groups excluding carboxylic acids is 1. The monoisotopic (exact) mass is 463 g/mol. The molecular formula is C22H22ClNO4S2. The number of hydrogen-bond donors (Lipinski definition) is 1. The zero-order valence-electron chi connectivity index (χ0n) is 16.7. The van der Waals surface area contributed by atoms with Gasteiger partial charge < -0.3 is 19.5 Å². The van der Waals surface area contributed by atoms with Gasteiger partial charge in [-0.1, -0.05) is 53.3 Å². The van der Waals surface area contributed by atoms with Crippen LogP contribution in [0.5, 0.6) is 17.2 Å². The smallest absolute Gasteiger partial charge is 0.263 e. The first-order valence-corrected chi connectivity index (χ1v) is 11.1. The van der Waals surface area contributed by atoms with Gasteiger partial charge in [-0.25, -0.2) is 0 Å². The van der Waals surface area contributed by atoms with Gasteiger partial charge in [0.2, 0.25) is 0 Å². The van der Waals surface area contributed by atoms with E-state index < -0.39 is 0 Å². The second kappa shape index (κ2) is 10.7. The number of carbonyl (C=O) groups is 1. The number of benzene rings is 2. The maximum atomic E-state index is 11.9. The van der Waals surface area contributed by atoms with Crippen LogP contribution < -0.4 is 19.5 Å². The molecule has 0 aliphatic carbocycles. The molecule has 8 heteroatoms. The first kappa shape index (κ1) is 22.5. The zero-order valence-corrected chi connectivity index (χ0v) is 19.1. The zero-order chi connectivity index (χ0) is 21.5. The van der Waals surface area contributed by atoms with Crippen molar-refractivity contribution in [2.45, 2.75) is 20.3 Å². The topological polar surface area (TPSA) is 56.8 Å². The van der Waals surface area contributed by atoms with Gasteiger partial charge in [-0.05, 0) is 49.8 Å². The van der Waals surface area contributed by atoms with Gasteiger partial charge in [-0.3, -0.25) is 4.79 Å². The van der Waals surface area contributed by atoms with E-state index in [-0.39, 0.29) is 5.91 Å². The third kappa shape index (κ3) is 6.14. The second-order valence-corrected chi connectivity index (χ2v) is 8.60. The lowest BCUT2D eigenvalue weighted by atomic mass is 10.2. The lowest BCUT2D eigenvalue weighted by molar-refractivity contribution is -0.115. The third-order valence-electron chi connectivity index (χ3n) is 4.10. The average Bonchev–Trinajstić information content (AvgIpc) is 3.01. The first-order chi connectivity index (χ1) is 14.5. The highest BCUT2D eigenvalue weighted by molar-refractivity contribution is 8.26. The van der Waals surface area contributed by atoms with E-state index in [0.29, 0.717) is 52.0 Å². The van der Waals surface area contributed by atoms with Crippen molar-refractivity contribution in [3.63, 3.8) is 0 Å². The lowest BCUT2D eigenvalue weighted by Gasteiger charge is -2.15. The van der Waals surface area contributed by atoms with E-state index in [2.05, 4.69) is 5.32 Å². The summed E-state index contributed by atoms with van der Waals surface area (Å²) in [5.74, 6) is 1.63. The van der Waals surface area contributed by atoms with Crippen LogP contribution in [0.15, 0.2) is 41.3 Å². The quantitative estimate of drug-likeness (QED) is 0.306. The Morgan fingerprint density at radius 1 is 1.13 bits per heavy atom. The Bertz CT molecular complexity index is 960. The predicted octanol–water partition coefficient (Wildman–Crippen LogP) is 5.38. The lowest BCUT2D eigenvalue weighted by Crippen LogP contribution is -2.17. The van der Waals surface area contributed by atoms with Gasteiger partial charge >= 0.3 is 0 Å². The Labute approximate surface area is 190 Å². The second-order valence-electron chi connectivity index (χ2n) is 6.48. The Morgan fingerprint density at radius 2 is 1.87 bits per heavy atom. The molecule has 3 rings (SSSR count). The number of rotatable bonds is 9. The fraction of sp³-hybridized carbons (Fsp3) is 0.273. The molecule has 1 fully saturated rings. The standard InChI is InChI=1S/C22H22ClNO4S2/c1-3-26-18-12-15(13-19-21(25)24-22(29)30-19)11-17(23)20(18)28-10-4-9-27-16-7-5-14(2)6-8-16/h5-8,11-13H,3-4,9-10H2,1-2H3,(H,24,25,29). The molecular weight excluding hydrogens is 442 g/mol. The predicted molar refractivity (Wildman–Crippen MR) is 126 cm³/mol. The molecule has 0 atom stereocenters. The number of hydrogen-bond acceptors (Lipinski definition) is 6. The summed E-state index contributed by atoms with van der Waals surface area (Å²) in [7, 11) is 0. The van der Waals surface area contributed by atoms with E-state index in [9.17, 15) is 4.79 Å². The molecule has 30 heavy (non-hydrogen) atoms. The normalized spacial score (nSPS) is 14.7. The molecule has 1 aliphatic rings. The summed E-state index contributed by atoms with van der Waals surface area (Å²) < 4.78 is 17.7. The van der Waals surface area contributed by atoms with Crippen LogP contribution in [-0.2, 0) is 4.79 Å². The van der Waals surface area contributed by atoms with Crippen molar-refractivity contribution in [2.75, 3.05) is 19.8 Å². The molecule has 0 bridgehead atoms. The maximum Gasteiger partial charge on any atom is 0.263 e. The van der Waals surface area contributed by atoms with Crippen molar-refractivity contribution in [2.24, 2.45) is 0 Å². The van der Waals surface area contributed by atoms with Crippen molar-refractivity contribution in [3.05, 3.63) is 57.5 Å². The van der Waals surface area contributed by atoms with Gasteiger partial charge in [0.1, 0.15) is 10.1 Å². The summed E-state index contributed by atoms with van der Waals surface area (Å²) in [6.07, 6.45) is 2.42. The summed E-state index contributed by atoms with van der Waals surface area (Å²) in [6, 6.07) is 11.5. The number of thiocarbonyl (C=S) groups is 1. The van der Waals surface area contributed by atoms with Crippen LogP contribution in [0.1, 0.15) is 24.5 Å². The molecule has 1 aliphatic heterocycles. The number of aryl methyl sites for hydroxylation is 1. The highest BCUT2D eigenvalue weighted by Gasteiger charge is 2.22. The Hall–Kier alpha value is -2.22. The Balaban J connectivity index is 1.62. The van der Waals surface area contributed by atoms with E-state index in [0.717, 1.165) is 11.3 Å². The van der Waals surface area contributed by atoms with Crippen LogP contribution >= 0.6 is 35.6 Å². The van der Waals surface area contributed by atoms with Crippen LogP contribution in [-0.4, -0.2) is 30.0 Å². The summed E-state index contributed by atoms with van der Waals surface area (Å²) in [5.41, 5.74) is 1.93. The van der Waals surface area contributed by atoms with Gasteiger partial charge in [0.25, 0.3) is 5.91 Å². The van der Waals surface area contributed by atoms with Crippen LogP contribution in [0, 0.1) is 6.92 Å². The molecule has 1 saturated heterocycles. The minimum absolute atomic E-state index is 0.215. The van der Waals surface area contributed by atoms with Gasteiger partial charge in [0, 0.05) is 6.42 Å². The molecule has 1 amide bonds. The minimum atomic E-state index is -0.215. The third-order valence-corrected chi connectivity index (χ3v) is 5.54. The minimum Gasteiger partial charge on any atom is -0.493 e.